The predicted octanol–water partition coefficient (Wildman–Crippen LogP) is 4.32. The molecule has 0 aliphatic heterocycles. The Morgan fingerprint density at radius 1 is 1.00 bits per heavy atom. The van der Waals surface area contributed by atoms with Crippen LogP contribution in [-0.2, 0) is 16.6 Å². The fraction of sp³-hybridized carbons (Fsp3) is 0.158. The second kappa shape index (κ2) is 7.04. The van der Waals surface area contributed by atoms with Gasteiger partial charge in [0.1, 0.15) is 5.75 Å². The molecule has 4 nitrogen and oxygen atoms in total. The summed E-state index contributed by atoms with van der Waals surface area (Å²) >= 11 is 5.91. The van der Waals surface area contributed by atoms with Crippen LogP contribution in [0.2, 0.25) is 5.02 Å². The molecule has 0 spiro atoms. The van der Waals surface area contributed by atoms with Crippen LogP contribution in [0.5, 0.6) is 5.75 Å². The van der Waals surface area contributed by atoms with Crippen LogP contribution in [0.15, 0.2) is 65.6 Å². The average molecular weight is 376 g/mol. The van der Waals surface area contributed by atoms with Gasteiger partial charge in [0.2, 0.25) is 10.0 Å². The van der Waals surface area contributed by atoms with Crippen LogP contribution in [0.3, 0.4) is 0 Å². The first-order chi connectivity index (χ1) is 11.9. The van der Waals surface area contributed by atoms with Gasteiger partial charge < -0.3 is 4.74 Å². The smallest absolute Gasteiger partial charge is 0.243 e. The number of rotatable bonds is 5. The van der Waals surface area contributed by atoms with Crippen molar-refractivity contribution in [2.45, 2.75) is 11.4 Å². The molecular formula is C19H18ClNO3S. The Hall–Kier alpha value is -2.08. The number of ether oxygens (including phenoxy) is 1. The van der Waals surface area contributed by atoms with Gasteiger partial charge >= 0.3 is 0 Å². The third-order valence-electron chi connectivity index (χ3n) is 4.02. The minimum absolute atomic E-state index is 0.188. The largest absolute Gasteiger partial charge is 0.497 e. The van der Waals surface area contributed by atoms with Crippen LogP contribution in [0, 0.1) is 0 Å². The van der Waals surface area contributed by atoms with Crippen molar-refractivity contribution in [2.24, 2.45) is 0 Å². The number of nitrogens with zero attached hydrogens (tertiary/aromatic N) is 1. The van der Waals surface area contributed by atoms with Crippen molar-refractivity contribution < 1.29 is 13.2 Å². The van der Waals surface area contributed by atoms with Crippen molar-refractivity contribution in [3.05, 3.63) is 71.2 Å². The molecule has 25 heavy (non-hydrogen) atoms. The van der Waals surface area contributed by atoms with E-state index in [4.69, 9.17) is 16.3 Å². The summed E-state index contributed by atoms with van der Waals surface area (Å²) in [5.74, 6) is 0.793. The van der Waals surface area contributed by atoms with Gasteiger partial charge in [-0.1, -0.05) is 35.9 Å². The molecule has 0 fully saturated rings. The lowest BCUT2D eigenvalue weighted by atomic mass is 10.1. The molecule has 0 N–H and O–H groups in total. The maximum atomic E-state index is 12.7. The Labute approximate surface area is 152 Å². The zero-order valence-corrected chi connectivity index (χ0v) is 15.5. The summed E-state index contributed by atoms with van der Waals surface area (Å²) in [6.07, 6.45) is 0. The molecule has 0 aromatic heterocycles. The highest BCUT2D eigenvalue weighted by molar-refractivity contribution is 7.89. The summed E-state index contributed by atoms with van der Waals surface area (Å²) in [6, 6.07) is 18.0. The molecule has 0 unspecified atom stereocenters. The number of hydrogen-bond acceptors (Lipinski definition) is 3. The molecule has 130 valence electrons. The van der Waals surface area contributed by atoms with E-state index in [1.54, 1.807) is 32.4 Å². The number of halogens is 1. The fourth-order valence-electron chi connectivity index (χ4n) is 2.65. The van der Waals surface area contributed by atoms with E-state index in [1.807, 2.05) is 36.4 Å². The van der Waals surface area contributed by atoms with Crippen molar-refractivity contribution >= 4 is 32.4 Å². The molecule has 0 saturated carbocycles. The molecule has 3 rings (SSSR count). The molecular weight excluding hydrogens is 358 g/mol. The zero-order valence-electron chi connectivity index (χ0n) is 13.9. The molecule has 0 amide bonds. The number of benzene rings is 3. The van der Waals surface area contributed by atoms with E-state index in [1.165, 1.54) is 10.4 Å². The van der Waals surface area contributed by atoms with E-state index in [2.05, 4.69) is 0 Å². The van der Waals surface area contributed by atoms with Crippen molar-refractivity contribution in [2.75, 3.05) is 14.2 Å². The molecule has 0 bridgehead atoms. The minimum atomic E-state index is -3.59. The summed E-state index contributed by atoms with van der Waals surface area (Å²) < 4.78 is 31.9. The van der Waals surface area contributed by atoms with Crippen LogP contribution in [0.25, 0.3) is 10.8 Å². The van der Waals surface area contributed by atoms with Crippen LogP contribution in [0.4, 0.5) is 0 Å². The standard InChI is InChI=1S/C19H18ClNO3S/c1-21(25(22,23)19-5-3-4-17(20)12-19)13-14-6-7-16-11-18(24-2)9-8-15(16)10-14/h3-12H,13H2,1-2H3. The van der Waals surface area contributed by atoms with Gasteiger partial charge in [0, 0.05) is 18.6 Å². The van der Waals surface area contributed by atoms with Gasteiger partial charge in [0.05, 0.1) is 12.0 Å². The molecule has 3 aromatic carbocycles. The minimum Gasteiger partial charge on any atom is -0.497 e. The van der Waals surface area contributed by atoms with Crippen molar-refractivity contribution in [3.63, 3.8) is 0 Å². The van der Waals surface area contributed by atoms with Gasteiger partial charge in [-0.2, -0.15) is 4.31 Å². The highest BCUT2D eigenvalue weighted by Gasteiger charge is 2.21. The second-order valence-electron chi connectivity index (χ2n) is 5.77. The molecule has 3 aromatic rings. The topological polar surface area (TPSA) is 46.6 Å². The molecule has 0 aliphatic carbocycles. The average Bonchev–Trinajstić information content (AvgIpc) is 2.61. The number of hydrogen-bond donors (Lipinski definition) is 0. The van der Waals surface area contributed by atoms with Gasteiger partial charge in [0.15, 0.2) is 0 Å². The third-order valence-corrected chi connectivity index (χ3v) is 6.06. The second-order valence-corrected chi connectivity index (χ2v) is 8.25. The molecule has 6 heteroatoms. The molecule has 0 radical (unpaired) electrons. The van der Waals surface area contributed by atoms with E-state index in [0.29, 0.717) is 5.02 Å². The summed E-state index contributed by atoms with van der Waals surface area (Å²) in [6.45, 7) is 0.275. The van der Waals surface area contributed by atoms with Crippen LogP contribution >= 0.6 is 11.6 Å². The highest BCUT2D eigenvalue weighted by Crippen LogP contribution is 2.24. The Balaban J connectivity index is 1.87. The monoisotopic (exact) mass is 375 g/mol. The van der Waals surface area contributed by atoms with Crippen LogP contribution in [0.1, 0.15) is 5.56 Å². The van der Waals surface area contributed by atoms with E-state index >= 15 is 0 Å². The van der Waals surface area contributed by atoms with Crippen molar-refractivity contribution in [1.82, 2.24) is 4.31 Å². The number of methoxy groups -OCH3 is 1. The lowest BCUT2D eigenvalue weighted by Crippen LogP contribution is -2.26. The summed E-state index contributed by atoms with van der Waals surface area (Å²) in [5.41, 5.74) is 0.908. The van der Waals surface area contributed by atoms with E-state index in [-0.39, 0.29) is 11.4 Å². The van der Waals surface area contributed by atoms with Gasteiger partial charge in [-0.25, -0.2) is 8.42 Å². The number of sulfonamides is 1. The third kappa shape index (κ3) is 3.79. The fourth-order valence-corrected chi connectivity index (χ4v) is 4.11. The first-order valence-electron chi connectivity index (χ1n) is 7.69. The molecule has 0 heterocycles. The number of fused-ring (bicyclic) bond motifs is 1. The Bertz CT molecular complexity index is 1020. The molecule has 0 atom stereocenters. The van der Waals surface area contributed by atoms with Crippen LogP contribution in [-0.4, -0.2) is 26.9 Å². The highest BCUT2D eigenvalue weighted by atomic mass is 35.5. The molecule has 0 saturated heterocycles. The quantitative estimate of drug-likeness (QED) is 0.667. The first kappa shape index (κ1) is 17.7. The van der Waals surface area contributed by atoms with Crippen LogP contribution < -0.4 is 4.74 Å². The summed E-state index contributed by atoms with van der Waals surface area (Å²) in [7, 11) is -0.401. The van der Waals surface area contributed by atoms with Gasteiger partial charge in [-0.3, -0.25) is 0 Å². The van der Waals surface area contributed by atoms with Crippen molar-refractivity contribution in [1.29, 1.82) is 0 Å². The van der Waals surface area contributed by atoms with Gasteiger partial charge in [-0.15, -0.1) is 0 Å². The van der Waals surface area contributed by atoms with Gasteiger partial charge in [-0.05, 0) is 52.7 Å². The lowest BCUT2D eigenvalue weighted by molar-refractivity contribution is 0.415. The predicted molar refractivity (Wildman–Crippen MR) is 101 cm³/mol. The van der Waals surface area contributed by atoms with E-state index in [0.717, 1.165) is 22.1 Å². The zero-order chi connectivity index (χ0) is 18.0. The molecule has 0 aliphatic rings. The van der Waals surface area contributed by atoms with Crippen molar-refractivity contribution in [3.8, 4) is 5.75 Å². The lowest BCUT2D eigenvalue weighted by Gasteiger charge is -2.18. The summed E-state index contributed by atoms with van der Waals surface area (Å²) in [5, 5.41) is 2.48. The normalized spacial score (nSPS) is 11.8. The Morgan fingerprint density at radius 2 is 1.72 bits per heavy atom. The summed E-state index contributed by atoms with van der Waals surface area (Å²) in [4.78, 5) is 0.188. The van der Waals surface area contributed by atoms with E-state index in [9.17, 15) is 8.42 Å². The first-order valence-corrected chi connectivity index (χ1v) is 9.50. The van der Waals surface area contributed by atoms with E-state index < -0.39 is 10.0 Å². The Kier molecular flexibility index (Phi) is 4.99. The maximum absolute atomic E-state index is 12.7. The SMILES string of the molecule is COc1ccc2cc(CN(C)S(=O)(=O)c3cccc(Cl)c3)ccc2c1. The maximum Gasteiger partial charge on any atom is 0.243 e. The van der Waals surface area contributed by atoms with Gasteiger partial charge in [0.25, 0.3) is 0 Å². The Morgan fingerprint density at radius 3 is 2.44 bits per heavy atom.